The third kappa shape index (κ3) is 3.63. The molecule has 0 saturated carbocycles. The van der Waals surface area contributed by atoms with Crippen molar-refractivity contribution in [2.24, 2.45) is 10.8 Å². The van der Waals surface area contributed by atoms with Gasteiger partial charge in [0.1, 0.15) is 17.4 Å². The number of fused-ring (bicyclic) bond motifs is 2. The van der Waals surface area contributed by atoms with Crippen molar-refractivity contribution in [2.75, 3.05) is 19.2 Å². The monoisotopic (exact) mass is 443 g/mol. The van der Waals surface area contributed by atoms with Crippen LogP contribution >= 0.6 is 11.8 Å². The SMILES string of the molecule is COC1=NN(c2ccc(Sc3ccnc4cc(OC)cnc34)cc2)C(N)c2ccccc21. The summed E-state index contributed by atoms with van der Waals surface area (Å²) < 4.78 is 10.8. The zero-order valence-corrected chi connectivity index (χ0v) is 18.4. The van der Waals surface area contributed by atoms with E-state index in [2.05, 4.69) is 15.1 Å². The highest BCUT2D eigenvalue weighted by atomic mass is 32.2. The molecule has 0 aliphatic carbocycles. The zero-order chi connectivity index (χ0) is 22.1. The second kappa shape index (κ2) is 8.49. The lowest BCUT2D eigenvalue weighted by Gasteiger charge is -2.32. The van der Waals surface area contributed by atoms with Crippen molar-refractivity contribution < 1.29 is 9.47 Å². The summed E-state index contributed by atoms with van der Waals surface area (Å²) in [5, 5.41) is 6.41. The average Bonchev–Trinajstić information content (AvgIpc) is 2.85. The molecule has 160 valence electrons. The van der Waals surface area contributed by atoms with Gasteiger partial charge in [-0.2, -0.15) is 0 Å². The first-order valence-electron chi connectivity index (χ1n) is 10.0. The lowest BCUT2D eigenvalue weighted by Crippen LogP contribution is -2.36. The van der Waals surface area contributed by atoms with E-state index in [0.29, 0.717) is 11.6 Å². The topological polar surface area (TPSA) is 85.9 Å². The molecule has 2 aromatic heterocycles. The Bertz CT molecular complexity index is 1310. The summed E-state index contributed by atoms with van der Waals surface area (Å²) in [6.45, 7) is 0. The first-order valence-corrected chi connectivity index (χ1v) is 10.8. The number of rotatable bonds is 4. The molecule has 0 bridgehead atoms. The molecule has 0 spiro atoms. The Hall–Kier alpha value is -3.62. The van der Waals surface area contributed by atoms with Gasteiger partial charge in [-0.1, -0.05) is 30.0 Å². The molecular formula is C24H21N5O2S. The number of hydrogen-bond donors (Lipinski definition) is 1. The van der Waals surface area contributed by atoms with Crippen LogP contribution in [0.15, 0.2) is 87.9 Å². The lowest BCUT2D eigenvalue weighted by molar-refractivity contribution is 0.395. The van der Waals surface area contributed by atoms with Gasteiger partial charge in [0.2, 0.25) is 5.90 Å². The van der Waals surface area contributed by atoms with Gasteiger partial charge in [-0.05, 0) is 36.4 Å². The summed E-state index contributed by atoms with van der Waals surface area (Å²) in [5.74, 6) is 1.23. The number of hydrogen-bond acceptors (Lipinski definition) is 8. The van der Waals surface area contributed by atoms with E-state index in [1.165, 1.54) is 0 Å². The molecule has 0 amide bonds. The van der Waals surface area contributed by atoms with Gasteiger partial charge in [0, 0.05) is 33.2 Å². The molecule has 0 fully saturated rings. The number of ether oxygens (including phenoxy) is 2. The lowest BCUT2D eigenvalue weighted by atomic mass is 10.0. The van der Waals surface area contributed by atoms with Crippen LogP contribution in [0.1, 0.15) is 17.3 Å². The maximum Gasteiger partial charge on any atom is 0.238 e. The molecule has 8 heteroatoms. The molecule has 5 rings (SSSR count). The van der Waals surface area contributed by atoms with Gasteiger partial charge >= 0.3 is 0 Å². The van der Waals surface area contributed by atoms with Crippen LogP contribution in [0.3, 0.4) is 0 Å². The van der Waals surface area contributed by atoms with E-state index in [9.17, 15) is 0 Å². The highest BCUT2D eigenvalue weighted by Crippen LogP contribution is 2.35. The second-order valence-corrected chi connectivity index (χ2v) is 8.25. The first-order chi connectivity index (χ1) is 15.7. The normalized spacial score (nSPS) is 15.3. The maximum absolute atomic E-state index is 6.52. The average molecular weight is 444 g/mol. The highest BCUT2D eigenvalue weighted by Gasteiger charge is 2.27. The van der Waals surface area contributed by atoms with Gasteiger partial charge in [-0.25, -0.2) is 9.99 Å². The molecule has 0 radical (unpaired) electrons. The summed E-state index contributed by atoms with van der Waals surface area (Å²) in [5.41, 5.74) is 10.9. The number of hydrazone groups is 1. The van der Waals surface area contributed by atoms with Gasteiger partial charge in [0.25, 0.3) is 0 Å². The number of nitrogens with zero attached hydrogens (tertiary/aromatic N) is 4. The van der Waals surface area contributed by atoms with Crippen molar-refractivity contribution in [2.45, 2.75) is 16.0 Å². The quantitative estimate of drug-likeness (QED) is 0.494. The number of methoxy groups -OCH3 is 2. The Kier molecular flexibility index (Phi) is 5.38. The Labute approximate surface area is 189 Å². The summed E-state index contributed by atoms with van der Waals surface area (Å²) >= 11 is 1.63. The van der Waals surface area contributed by atoms with Crippen molar-refractivity contribution in [3.8, 4) is 5.75 Å². The molecule has 32 heavy (non-hydrogen) atoms. The summed E-state index contributed by atoms with van der Waals surface area (Å²) in [6.07, 6.45) is 3.09. The van der Waals surface area contributed by atoms with Crippen LogP contribution in [0.2, 0.25) is 0 Å². The van der Waals surface area contributed by atoms with Gasteiger partial charge < -0.3 is 15.2 Å². The molecule has 1 atom stereocenters. The fourth-order valence-electron chi connectivity index (χ4n) is 3.64. The summed E-state index contributed by atoms with van der Waals surface area (Å²) in [6, 6.07) is 19.9. The highest BCUT2D eigenvalue weighted by molar-refractivity contribution is 7.99. The predicted octanol–water partition coefficient (Wildman–Crippen LogP) is 4.58. The van der Waals surface area contributed by atoms with E-state index in [1.807, 2.05) is 60.7 Å². The molecule has 1 unspecified atom stereocenters. The van der Waals surface area contributed by atoms with Crippen LogP contribution in [0.4, 0.5) is 5.69 Å². The number of anilines is 1. The van der Waals surface area contributed by atoms with Crippen molar-refractivity contribution in [1.82, 2.24) is 9.97 Å². The fourth-order valence-corrected chi connectivity index (χ4v) is 4.55. The molecule has 4 aromatic rings. The minimum Gasteiger partial charge on any atom is -0.495 e. The van der Waals surface area contributed by atoms with Crippen LogP contribution in [-0.4, -0.2) is 30.1 Å². The number of pyridine rings is 2. The van der Waals surface area contributed by atoms with Crippen molar-refractivity contribution in [1.29, 1.82) is 0 Å². The minimum atomic E-state index is -0.396. The number of aromatic nitrogens is 2. The second-order valence-electron chi connectivity index (χ2n) is 7.13. The molecule has 1 aliphatic rings. The van der Waals surface area contributed by atoms with Gasteiger partial charge in [0.05, 0.1) is 31.6 Å². The molecule has 3 heterocycles. The van der Waals surface area contributed by atoms with Gasteiger partial charge in [-0.15, -0.1) is 5.10 Å². The molecule has 2 N–H and O–H groups in total. The van der Waals surface area contributed by atoms with E-state index in [0.717, 1.165) is 37.6 Å². The van der Waals surface area contributed by atoms with Crippen LogP contribution in [-0.2, 0) is 4.74 Å². The predicted molar refractivity (Wildman–Crippen MR) is 126 cm³/mol. The number of benzene rings is 2. The summed E-state index contributed by atoms with van der Waals surface area (Å²) in [4.78, 5) is 11.0. The van der Waals surface area contributed by atoms with Crippen LogP contribution < -0.4 is 15.5 Å². The Morgan fingerprint density at radius 1 is 0.969 bits per heavy atom. The van der Waals surface area contributed by atoms with Gasteiger partial charge in [-0.3, -0.25) is 4.98 Å². The van der Waals surface area contributed by atoms with E-state index in [4.69, 9.17) is 15.2 Å². The minimum absolute atomic E-state index is 0.396. The largest absolute Gasteiger partial charge is 0.495 e. The maximum atomic E-state index is 6.52. The third-order valence-corrected chi connectivity index (χ3v) is 6.30. The smallest absolute Gasteiger partial charge is 0.238 e. The summed E-state index contributed by atoms with van der Waals surface area (Å²) in [7, 11) is 3.24. The van der Waals surface area contributed by atoms with Crippen molar-refractivity contribution in [3.63, 3.8) is 0 Å². The molecule has 1 aliphatic heterocycles. The van der Waals surface area contributed by atoms with Crippen LogP contribution in [0.25, 0.3) is 11.0 Å². The Morgan fingerprint density at radius 2 is 1.78 bits per heavy atom. The fraction of sp³-hybridized carbons (Fsp3) is 0.125. The van der Waals surface area contributed by atoms with E-state index < -0.39 is 6.17 Å². The third-order valence-electron chi connectivity index (χ3n) is 5.25. The molecular weight excluding hydrogens is 422 g/mol. The molecule has 7 nitrogen and oxygen atoms in total. The standard InChI is InChI=1S/C24H21N5O2S/c1-30-16-13-20-22(27-14-16)21(11-12-26-20)32-17-9-7-15(8-10-17)29-23(25)18-5-3-4-6-19(18)24(28-29)31-2/h3-14,23H,25H2,1-2H3. The van der Waals surface area contributed by atoms with E-state index >= 15 is 0 Å². The van der Waals surface area contributed by atoms with Gasteiger partial charge in [0.15, 0.2) is 0 Å². The van der Waals surface area contributed by atoms with E-state index in [1.54, 1.807) is 43.4 Å². The molecule has 0 saturated heterocycles. The van der Waals surface area contributed by atoms with Crippen LogP contribution in [0.5, 0.6) is 5.75 Å². The van der Waals surface area contributed by atoms with Crippen LogP contribution in [0, 0.1) is 0 Å². The Morgan fingerprint density at radius 3 is 2.56 bits per heavy atom. The van der Waals surface area contributed by atoms with Crippen molar-refractivity contribution >= 4 is 34.4 Å². The number of nitrogens with two attached hydrogens (primary N) is 1. The first kappa shape index (κ1) is 20.3. The zero-order valence-electron chi connectivity index (χ0n) is 17.6. The Balaban J connectivity index is 1.42. The molecule has 2 aromatic carbocycles. The van der Waals surface area contributed by atoms with Crippen molar-refractivity contribution in [3.05, 3.63) is 84.2 Å². The van der Waals surface area contributed by atoms with E-state index in [-0.39, 0.29) is 0 Å².